The minimum atomic E-state index is 0.590. The summed E-state index contributed by atoms with van der Waals surface area (Å²) in [4.78, 5) is 1.41. The van der Waals surface area contributed by atoms with Crippen LogP contribution in [0.3, 0.4) is 0 Å². The van der Waals surface area contributed by atoms with Gasteiger partial charge in [-0.15, -0.1) is 11.8 Å². The van der Waals surface area contributed by atoms with Gasteiger partial charge in [-0.25, -0.2) is 0 Å². The van der Waals surface area contributed by atoms with Gasteiger partial charge in [-0.2, -0.15) is 0 Å². The summed E-state index contributed by atoms with van der Waals surface area (Å²) >= 11 is 1.96. The van der Waals surface area contributed by atoms with Crippen molar-refractivity contribution in [3.05, 3.63) is 29.3 Å². The Balaban J connectivity index is 2.23. The van der Waals surface area contributed by atoms with Crippen LogP contribution in [0.4, 0.5) is 0 Å². The van der Waals surface area contributed by atoms with Gasteiger partial charge >= 0.3 is 0 Å². The van der Waals surface area contributed by atoms with Gasteiger partial charge in [0.25, 0.3) is 0 Å². The minimum Gasteiger partial charge on any atom is -0.382 e. The first kappa shape index (κ1) is 16.5. The third kappa shape index (κ3) is 7.00. The Morgan fingerprint density at radius 2 is 2.11 bits per heavy atom. The van der Waals surface area contributed by atoms with Crippen LogP contribution in [0.25, 0.3) is 0 Å². The van der Waals surface area contributed by atoms with Crippen molar-refractivity contribution in [2.75, 3.05) is 26.3 Å². The van der Waals surface area contributed by atoms with Crippen molar-refractivity contribution in [2.24, 2.45) is 0 Å². The van der Waals surface area contributed by atoms with E-state index in [1.54, 1.807) is 0 Å². The lowest BCUT2D eigenvalue weighted by Gasteiger charge is -2.14. The van der Waals surface area contributed by atoms with Gasteiger partial charge in [-0.3, -0.25) is 0 Å². The lowest BCUT2D eigenvalue weighted by atomic mass is 10.2. The van der Waals surface area contributed by atoms with Crippen molar-refractivity contribution in [1.29, 1.82) is 0 Å². The van der Waals surface area contributed by atoms with E-state index in [0.29, 0.717) is 5.25 Å². The molecule has 0 aromatic heterocycles. The van der Waals surface area contributed by atoms with Gasteiger partial charge < -0.3 is 10.1 Å². The molecular formula is C16H27NOS. The Labute approximate surface area is 122 Å². The molecule has 1 unspecified atom stereocenters. The van der Waals surface area contributed by atoms with Gasteiger partial charge in [0.05, 0.1) is 0 Å². The summed E-state index contributed by atoms with van der Waals surface area (Å²) in [5, 5.41) is 4.09. The molecule has 0 aliphatic carbocycles. The summed E-state index contributed by atoms with van der Waals surface area (Å²) in [6, 6.07) is 6.67. The molecular weight excluding hydrogens is 254 g/mol. The van der Waals surface area contributed by atoms with Gasteiger partial charge in [-0.1, -0.05) is 24.6 Å². The summed E-state index contributed by atoms with van der Waals surface area (Å²) in [7, 11) is 0. The van der Waals surface area contributed by atoms with E-state index in [4.69, 9.17) is 4.74 Å². The van der Waals surface area contributed by atoms with Crippen LogP contribution in [-0.2, 0) is 4.74 Å². The van der Waals surface area contributed by atoms with Crippen molar-refractivity contribution >= 4 is 11.8 Å². The monoisotopic (exact) mass is 281 g/mol. The van der Waals surface area contributed by atoms with Crippen LogP contribution >= 0.6 is 11.8 Å². The SMILES string of the molecule is CCOCCCNCC(C)Sc1cc(C)ccc1C. The fraction of sp³-hybridized carbons (Fsp3) is 0.625. The number of aryl methyl sites for hydroxylation is 2. The molecule has 0 saturated carbocycles. The third-order valence-electron chi connectivity index (χ3n) is 2.95. The van der Waals surface area contributed by atoms with Gasteiger partial charge in [0.2, 0.25) is 0 Å². The highest BCUT2D eigenvalue weighted by Gasteiger charge is 2.06. The van der Waals surface area contributed by atoms with E-state index in [0.717, 1.165) is 32.7 Å². The molecule has 1 N–H and O–H groups in total. The number of hydrogen-bond donors (Lipinski definition) is 1. The van der Waals surface area contributed by atoms with Crippen molar-refractivity contribution in [2.45, 2.75) is 44.3 Å². The molecule has 108 valence electrons. The van der Waals surface area contributed by atoms with Gasteiger partial charge in [0.15, 0.2) is 0 Å². The maximum atomic E-state index is 5.32. The average molecular weight is 281 g/mol. The zero-order valence-corrected chi connectivity index (χ0v) is 13.5. The van der Waals surface area contributed by atoms with Crippen LogP contribution in [0.15, 0.2) is 23.1 Å². The quantitative estimate of drug-likeness (QED) is 0.549. The zero-order valence-electron chi connectivity index (χ0n) is 12.7. The van der Waals surface area contributed by atoms with Gasteiger partial charge in [0.1, 0.15) is 0 Å². The summed E-state index contributed by atoms with van der Waals surface area (Å²) in [6.07, 6.45) is 1.09. The first-order chi connectivity index (χ1) is 9.13. The van der Waals surface area contributed by atoms with Crippen molar-refractivity contribution < 1.29 is 4.74 Å². The van der Waals surface area contributed by atoms with Crippen LogP contribution in [0.5, 0.6) is 0 Å². The Kier molecular flexibility index (Phi) is 8.19. The van der Waals surface area contributed by atoms with Gasteiger partial charge in [-0.05, 0) is 45.4 Å². The normalized spacial score (nSPS) is 12.6. The molecule has 1 atom stereocenters. The van der Waals surface area contributed by atoms with Gasteiger partial charge in [0, 0.05) is 29.9 Å². The molecule has 0 saturated heterocycles. The second-order valence-electron chi connectivity index (χ2n) is 4.95. The number of rotatable bonds is 9. The maximum absolute atomic E-state index is 5.32. The van der Waals surface area contributed by atoms with E-state index in [9.17, 15) is 0 Å². The fourth-order valence-electron chi connectivity index (χ4n) is 1.84. The predicted molar refractivity (Wildman–Crippen MR) is 85.2 cm³/mol. The Hall–Kier alpha value is -0.510. The molecule has 0 radical (unpaired) electrons. The molecule has 1 aromatic rings. The fourth-order valence-corrected chi connectivity index (χ4v) is 2.98. The van der Waals surface area contributed by atoms with Crippen molar-refractivity contribution in [1.82, 2.24) is 5.32 Å². The van der Waals surface area contributed by atoms with Crippen LogP contribution in [-0.4, -0.2) is 31.6 Å². The second-order valence-corrected chi connectivity index (χ2v) is 6.43. The van der Waals surface area contributed by atoms with Crippen LogP contribution in [0, 0.1) is 13.8 Å². The largest absolute Gasteiger partial charge is 0.382 e. The van der Waals surface area contributed by atoms with E-state index in [2.05, 4.69) is 44.3 Å². The van der Waals surface area contributed by atoms with Crippen molar-refractivity contribution in [3.63, 3.8) is 0 Å². The third-order valence-corrected chi connectivity index (χ3v) is 4.21. The molecule has 0 spiro atoms. The topological polar surface area (TPSA) is 21.3 Å². The highest BCUT2D eigenvalue weighted by molar-refractivity contribution is 8.00. The highest BCUT2D eigenvalue weighted by Crippen LogP contribution is 2.27. The molecule has 19 heavy (non-hydrogen) atoms. The van der Waals surface area contributed by atoms with E-state index in [-0.39, 0.29) is 0 Å². The summed E-state index contributed by atoms with van der Waals surface area (Å²) in [6.45, 7) is 12.4. The molecule has 0 heterocycles. The smallest absolute Gasteiger partial charge is 0.0477 e. The second kappa shape index (κ2) is 9.40. The van der Waals surface area contributed by atoms with Crippen molar-refractivity contribution in [3.8, 4) is 0 Å². The lowest BCUT2D eigenvalue weighted by Crippen LogP contribution is -2.24. The molecule has 0 aliphatic rings. The van der Waals surface area contributed by atoms with Crippen LogP contribution in [0.1, 0.15) is 31.4 Å². The number of ether oxygens (including phenoxy) is 1. The first-order valence-corrected chi connectivity index (χ1v) is 8.03. The Morgan fingerprint density at radius 1 is 1.32 bits per heavy atom. The molecule has 0 bridgehead atoms. The predicted octanol–water partition coefficient (Wildman–Crippen LogP) is 3.80. The summed E-state index contributed by atoms with van der Waals surface area (Å²) in [5.41, 5.74) is 2.71. The Bertz CT molecular complexity index is 368. The Morgan fingerprint density at radius 3 is 2.84 bits per heavy atom. The lowest BCUT2D eigenvalue weighted by molar-refractivity contribution is 0.145. The molecule has 1 aromatic carbocycles. The number of benzene rings is 1. The average Bonchev–Trinajstić information content (AvgIpc) is 2.38. The van der Waals surface area contributed by atoms with Crippen LogP contribution in [0.2, 0.25) is 0 Å². The standard InChI is InChI=1S/C16H27NOS/c1-5-18-10-6-9-17-12-15(4)19-16-11-13(2)7-8-14(16)3/h7-8,11,15,17H,5-6,9-10,12H2,1-4H3. The molecule has 0 amide bonds. The highest BCUT2D eigenvalue weighted by atomic mass is 32.2. The zero-order chi connectivity index (χ0) is 14.1. The molecule has 3 heteroatoms. The number of hydrogen-bond acceptors (Lipinski definition) is 3. The molecule has 1 rings (SSSR count). The summed E-state index contributed by atoms with van der Waals surface area (Å²) in [5.74, 6) is 0. The molecule has 2 nitrogen and oxygen atoms in total. The first-order valence-electron chi connectivity index (χ1n) is 7.16. The van der Waals surface area contributed by atoms with Crippen LogP contribution < -0.4 is 5.32 Å². The van der Waals surface area contributed by atoms with E-state index in [1.165, 1.54) is 16.0 Å². The molecule has 0 aliphatic heterocycles. The number of nitrogens with one attached hydrogen (secondary N) is 1. The van der Waals surface area contributed by atoms with E-state index < -0.39 is 0 Å². The van der Waals surface area contributed by atoms with E-state index >= 15 is 0 Å². The minimum absolute atomic E-state index is 0.590. The molecule has 0 fully saturated rings. The maximum Gasteiger partial charge on any atom is 0.0477 e. The summed E-state index contributed by atoms with van der Waals surface area (Å²) < 4.78 is 5.32. The number of thioether (sulfide) groups is 1. The van der Waals surface area contributed by atoms with E-state index in [1.807, 2.05) is 18.7 Å².